The summed E-state index contributed by atoms with van der Waals surface area (Å²) in [4.78, 5) is 0. The van der Waals surface area contributed by atoms with Crippen molar-refractivity contribution in [2.75, 3.05) is 6.61 Å². The van der Waals surface area contributed by atoms with Crippen LogP contribution >= 0.6 is 0 Å². The third-order valence-corrected chi connectivity index (χ3v) is 2.84. The number of hydrogen-bond acceptors (Lipinski definition) is 3. The molecule has 0 aliphatic carbocycles. The SMILES string of the molecule is CC(C)COc1ccc(Oc2ccc(OC(C)C)cc2)cc1. The van der Waals surface area contributed by atoms with Gasteiger partial charge >= 0.3 is 0 Å². The van der Waals surface area contributed by atoms with Crippen LogP contribution in [0, 0.1) is 5.92 Å². The van der Waals surface area contributed by atoms with Crippen LogP contribution in [-0.4, -0.2) is 12.7 Å². The number of hydrogen-bond donors (Lipinski definition) is 0. The maximum absolute atomic E-state index is 5.81. The van der Waals surface area contributed by atoms with E-state index in [1.54, 1.807) is 0 Å². The summed E-state index contributed by atoms with van der Waals surface area (Å²) in [5.74, 6) is 3.80. The average Bonchev–Trinajstić information content (AvgIpc) is 2.48. The second kappa shape index (κ2) is 7.74. The Bertz CT molecular complexity index is 556. The molecule has 0 N–H and O–H groups in total. The summed E-state index contributed by atoms with van der Waals surface area (Å²) in [6.07, 6.45) is 0.171. The van der Waals surface area contributed by atoms with E-state index in [9.17, 15) is 0 Å². The summed E-state index contributed by atoms with van der Waals surface area (Å²) in [5.41, 5.74) is 0. The Morgan fingerprint density at radius 2 is 1.14 bits per heavy atom. The van der Waals surface area contributed by atoms with Crippen LogP contribution in [0.3, 0.4) is 0 Å². The first-order valence-corrected chi connectivity index (χ1v) is 7.70. The molecule has 118 valence electrons. The van der Waals surface area contributed by atoms with Gasteiger partial charge in [0, 0.05) is 0 Å². The van der Waals surface area contributed by atoms with Crippen LogP contribution < -0.4 is 14.2 Å². The smallest absolute Gasteiger partial charge is 0.127 e. The van der Waals surface area contributed by atoms with Gasteiger partial charge in [0.1, 0.15) is 23.0 Å². The molecule has 0 atom stereocenters. The first-order chi connectivity index (χ1) is 10.5. The van der Waals surface area contributed by atoms with Gasteiger partial charge in [-0.15, -0.1) is 0 Å². The van der Waals surface area contributed by atoms with Crippen LogP contribution in [0.25, 0.3) is 0 Å². The lowest BCUT2D eigenvalue weighted by Crippen LogP contribution is -2.05. The Morgan fingerprint density at radius 1 is 0.682 bits per heavy atom. The van der Waals surface area contributed by atoms with E-state index in [4.69, 9.17) is 14.2 Å². The number of ether oxygens (including phenoxy) is 3. The zero-order chi connectivity index (χ0) is 15.9. The first-order valence-electron chi connectivity index (χ1n) is 7.70. The Morgan fingerprint density at radius 3 is 1.59 bits per heavy atom. The monoisotopic (exact) mass is 300 g/mol. The van der Waals surface area contributed by atoms with Crippen molar-refractivity contribution in [1.29, 1.82) is 0 Å². The molecule has 0 heterocycles. The summed E-state index contributed by atoms with van der Waals surface area (Å²) >= 11 is 0. The van der Waals surface area contributed by atoms with Crippen molar-refractivity contribution in [2.45, 2.75) is 33.8 Å². The molecule has 2 aromatic carbocycles. The Labute approximate surface area is 132 Å². The third-order valence-electron chi connectivity index (χ3n) is 2.84. The maximum atomic E-state index is 5.81. The Balaban J connectivity index is 1.93. The highest BCUT2D eigenvalue weighted by Gasteiger charge is 2.02. The molecule has 0 saturated carbocycles. The normalized spacial score (nSPS) is 10.8. The van der Waals surface area contributed by atoms with Crippen LogP contribution in [0.5, 0.6) is 23.0 Å². The molecule has 0 aliphatic heterocycles. The molecule has 2 aromatic rings. The van der Waals surface area contributed by atoms with Gasteiger partial charge in [-0.25, -0.2) is 0 Å². The van der Waals surface area contributed by atoms with Gasteiger partial charge in [0.25, 0.3) is 0 Å². The minimum Gasteiger partial charge on any atom is -0.493 e. The molecule has 0 saturated heterocycles. The molecule has 2 rings (SSSR count). The molecule has 0 radical (unpaired) electrons. The van der Waals surface area contributed by atoms with Gasteiger partial charge in [-0.3, -0.25) is 0 Å². The lowest BCUT2D eigenvalue weighted by Gasteiger charge is -2.11. The van der Waals surface area contributed by atoms with Crippen molar-refractivity contribution >= 4 is 0 Å². The summed E-state index contributed by atoms with van der Waals surface area (Å²) in [6.45, 7) is 8.99. The molecule has 0 aliphatic rings. The summed E-state index contributed by atoms with van der Waals surface area (Å²) in [7, 11) is 0. The van der Waals surface area contributed by atoms with Crippen molar-refractivity contribution in [2.24, 2.45) is 5.92 Å². The topological polar surface area (TPSA) is 27.7 Å². The van der Waals surface area contributed by atoms with Crippen molar-refractivity contribution in [3.8, 4) is 23.0 Å². The van der Waals surface area contributed by atoms with Crippen LogP contribution in [0.1, 0.15) is 27.7 Å². The summed E-state index contributed by atoms with van der Waals surface area (Å²) in [6, 6.07) is 15.3. The van der Waals surface area contributed by atoms with Gasteiger partial charge in [-0.2, -0.15) is 0 Å². The predicted molar refractivity (Wildman–Crippen MR) is 89.1 cm³/mol. The van der Waals surface area contributed by atoms with Crippen LogP contribution in [-0.2, 0) is 0 Å². The average molecular weight is 300 g/mol. The van der Waals surface area contributed by atoms with Gasteiger partial charge in [0.05, 0.1) is 12.7 Å². The molecular weight excluding hydrogens is 276 g/mol. The fourth-order valence-electron chi connectivity index (χ4n) is 1.86. The minimum atomic E-state index is 0.171. The quantitative estimate of drug-likeness (QED) is 0.694. The van der Waals surface area contributed by atoms with Crippen molar-refractivity contribution in [3.05, 3.63) is 48.5 Å². The molecule has 0 amide bonds. The van der Waals surface area contributed by atoms with E-state index in [2.05, 4.69) is 13.8 Å². The zero-order valence-corrected chi connectivity index (χ0v) is 13.7. The molecule has 0 fully saturated rings. The minimum absolute atomic E-state index is 0.171. The lowest BCUT2D eigenvalue weighted by atomic mass is 10.2. The van der Waals surface area contributed by atoms with Crippen LogP contribution in [0.2, 0.25) is 0 Å². The zero-order valence-electron chi connectivity index (χ0n) is 13.7. The standard InChI is InChI=1S/C19H24O3/c1-14(2)13-20-16-5-7-18(8-6-16)22-19-11-9-17(10-12-19)21-15(3)4/h5-12,14-15H,13H2,1-4H3. The summed E-state index contributed by atoms with van der Waals surface area (Å²) < 4.78 is 17.1. The lowest BCUT2D eigenvalue weighted by molar-refractivity contribution is 0.242. The largest absolute Gasteiger partial charge is 0.493 e. The van der Waals surface area contributed by atoms with Gasteiger partial charge < -0.3 is 14.2 Å². The highest BCUT2D eigenvalue weighted by Crippen LogP contribution is 2.26. The fourth-order valence-corrected chi connectivity index (χ4v) is 1.86. The first kappa shape index (κ1) is 16.2. The van der Waals surface area contributed by atoms with Crippen LogP contribution in [0.15, 0.2) is 48.5 Å². The highest BCUT2D eigenvalue weighted by atomic mass is 16.5. The van der Waals surface area contributed by atoms with Crippen molar-refractivity contribution in [3.63, 3.8) is 0 Å². The Kier molecular flexibility index (Phi) is 5.70. The van der Waals surface area contributed by atoms with E-state index in [1.165, 1.54) is 0 Å². The molecule has 0 unspecified atom stereocenters. The molecule has 0 bridgehead atoms. The van der Waals surface area contributed by atoms with Gasteiger partial charge in [-0.1, -0.05) is 13.8 Å². The van der Waals surface area contributed by atoms with E-state index < -0.39 is 0 Å². The second-order valence-corrected chi connectivity index (χ2v) is 5.92. The van der Waals surface area contributed by atoms with Crippen molar-refractivity contribution in [1.82, 2.24) is 0 Å². The second-order valence-electron chi connectivity index (χ2n) is 5.92. The predicted octanol–water partition coefficient (Wildman–Crippen LogP) is 5.30. The molecule has 0 aromatic heterocycles. The van der Waals surface area contributed by atoms with Gasteiger partial charge in [0.2, 0.25) is 0 Å². The highest BCUT2D eigenvalue weighted by molar-refractivity contribution is 5.37. The molecule has 3 heteroatoms. The molecule has 3 nitrogen and oxygen atoms in total. The number of benzene rings is 2. The molecule has 0 spiro atoms. The Hall–Kier alpha value is -2.16. The third kappa shape index (κ3) is 5.32. The number of rotatable bonds is 7. The van der Waals surface area contributed by atoms with Gasteiger partial charge in [-0.05, 0) is 68.3 Å². The van der Waals surface area contributed by atoms with Gasteiger partial charge in [0.15, 0.2) is 0 Å². The van der Waals surface area contributed by atoms with E-state index >= 15 is 0 Å². The van der Waals surface area contributed by atoms with Crippen LogP contribution in [0.4, 0.5) is 0 Å². The molecular formula is C19H24O3. The van der Waals surface area contributed by atoms with E-state index in [-0.39, 0.29) is 6.10 Å². The summed E-state index contributed by atoms with van der Waals surface area (Å²) in [5, 5.41) is 0. The van der Waals surface area contributed by atoms with E-state index in [0.717, 1.165) is 29.6 Å². The maximum Gasteiger partial charge on any atom is 0.127 e. The van der Waals surface area contributed by atoms with E-state index in [1.807, 2.05) is 62.4 Å². The van der Waals surface area contributed by atoms with Crippen molar-refractivity contribution < 1.29 is 14.2 Å². The van der Waals surface area contributed by atoms with E-state index in [0.29, 0.717) is 5.92 Å². The fraction of sp³-hybridized carbons (Fsp3) is 0.368. The molecule has 22 heavy (non-hydrogen) atoms.